The van der Waals surface area contributed by atoms with E-state index in [0.717, 1.165) is 11.1 Å². The molecule has 0 spiro atoms. The van der Waals surface area contributed by atoms with Crippen LogP contribution in [0.4, 0.5) is 4.79 Å². The van der Waals surface area contributed by atoms with Crippen LogP contribution in [0, 0.1) is 6.92 Å². The van der Waals surface area contributed by atoms with Crippen LogP contribution in [0.2, 0.25) is 0 Å². The highest BCUT2D eigenvalue weighted by atomic mass is 16.6. The third-order valence-electron chi connectivity index (χ3n) is 2.46. The monoisotopic (exact) mass is 265 g/mol. The molecule has 0 radical (unpaired) electrons. The Balaban J connectivity index is 2.68. The van der Waals surface area contributed by atoms with E-state index in [1.54, 1.807) is 13.8 Å². The molecule has 0 bridgehead atoms. The van der Waals surface area contributed by atoms with Gasteiger partial charge in [0.05, 0.1) is 6.10 Å². The molecule has 1 rings (SSSR count). The van der Waals surface area contributed by atoms with Gasteiger partial charge in [-0.2, -0.15) is 0 Å². The minimum absolute atomic E-state index is 0.226. The molecule has 0 aromatic heterocycles. The zero-order chi connectivity index (χ0) is 14.4. The zero-order valence-corrected chi connectivity index (χ0v) is 11.3. The first kappa shape index (κ1) is 15.0. The van der Waals surface area contributed by atoms with Crippen molar-refractivity contribution < 1.29 is 19.4 Å². The Morgan fingerprint density at radius 2 is 2.05 bits per heavy atom. The maximum absolute atomic E-state index is 11.4. The summed E-state index contributed by atoms with van der Waals surface area (Å²) in [5, 5.41) is 11.5. The molecule has 19 heavy (non-hydrogen) atoms. The summed E-state index contributed by atoms with van der Waals surface area (Å²) in [5.41, 5.74) is 1.91. The number of ether oxygens (including phenoxy) is 1. The average Bonchev–Trinajstić information content (AvgIpc) is 2.26. The highest BCUT2D eigenvalue weighted by Gasteiger charge is 2.21. The van der Waals surface area contributed by atoms with E-state index in [4.69, 9.17) is 9.84 Å². The van der Waals surface area contributed by atoms with Gasteiger partial charge in [-0.15, -0.1) is 0 Å². The topological polar surface area (TPSA) is 75.6 Å². The van der Waals surface area contributed by atoms with Crippen LogP contribution in [0.1, 0.15) is 25.0 Å². The summed E-state index contributed by atoms with van der Waals surface area (Å²) in [6.45, 7) is 5.34. The third-order valence-corrected chi connectivity index (χ3v) is 2.46. The van der Waals surface area contributed by atoms with E-state index < -0.39 is 18.1 Å². The van der Waals surface area contributed by atoms with Crippen LogP contribution in [0.3, 0.4) is 0 Å². The molecular weight excluding hydrogens is 246 g/mol. The van der Waals surface area contributed by atoms with E-state index in [9.17, 15) is 9.59 Å². The maximum atomic E-state index is 11.4. The number of amides is 1. The molecule has 1 aromatic carbocycles. The number of alkyl carbamates (subject to hydrolysis) is 1. The molecule has 5 nitrogen and oxygen atoms in total. The molecule has 1 aromatic rings. The normalized spacial score (nSPS) is 12.0. The Hall–Kier alpha value is -2.04. The van der Waals surface area contributed by atoms with Crippen LogP contribution in [0.25, 0.3) is 0 Å². The second kappa shape index (κ2) is 6.78. The molecule has 5 heteroatoms. The number of carbonyl (C=O) groups excluding carboxylic acids is 1. The van der Waals surface area contributed by atoms with Gasteiger partial charge in [0.2, 0.25) is 0 Å². The molecule has 0 heterocycles. The van der Waals surface area contributed by atoms with Crippen LogP contribution < -0.4 is 5.32 Å². The fraction of sp³-hybridized carbons (Fsp3) is 0.429. The molecule has 0 aliphatic rings. The largest absolute Gasteiger partial charge is 0.480 e. The molecule has 0 aliphatic heterocycles. The second-order valence-electron chi connectivity index (χ2n) is 4.68. The summed E-state index contributed by atoms with van der Waals surface area (Å²) in [5.74, 6) is -1.08. The van der Waals surface area contributed by atoms with Gasteiger partial charge in [-0.25, -0.2) is 9.59 Å². The van der Waals surface area contributed by atoms with E-state index in [2.05, 4.69) is 5.32 Å². The fourth-order valence-corrected chi connectivity index (χ4v) is 1.67. The van der Waals surface area contributed by atoms with Crippen molar-refractivity contribution in [2.24, 2.45) is 0 Å². The predicted octanol–water partition coefficient (Wildman–Crippen LogP) is 2.13. The van der Waals surface area contributed by atoms with Crippen molar-refractivity contribution in [2.45, 2.75) is 39.3 Å². The Labute approximate surface area is 112 Å². The van der Waals surface area contributed by atoms with Gasteiger partial charge < -0.3 is 15.2 Å². The van der Waals surface area contributed by atoms with Crippen LogP contribution in [0.15, 0.2) is 24.3 Å². The standard InChI is InChI=1S/C14H19NO4/c1-9(2)19-14(18)15-12(13(16)17)8-11-6-4-5-10(3)7-11/h4-7,9,12H,8H2,1-3H3,(H,15,18)(H,16,17)/t12-/m0/s1. The number of hydrogen-bond acceptors (Lipinski definition) is 3. The number of rotatable bonds is 5. The predicted molar refractivity (Wildman–Crippen MR) is 71.1 cm³/mol. The Bertz CT molecular complexity index is 457. The van der Waals surface area contributed by atoms with Gasteiger partial charge in [-0.3, -0.25) is 0 Å². The number of nitrogens with one attached hydrogen (secondary N) is 1. The zero-order valence-electron chi connectivity index (χ0n) is 11.3. The minimum Gasteiger partial charge on any atom is -0.480 e. The van der Waals surface area contributed by atoms with Gasteiger partial charge in [0.25, 0.3) is 0 Å². The summed E-state index contributed by atoms with van der Waals surface area (Å²) in [7, 11) is 0. The lowest BCUT2D eigenvalue weighted by Gasteiger charge is -2.16. The lowest BCUT2D eigenvalue weighted by molar-refractivity contribution is -0.139. The van der Waals surface area contributed by atoms with Gasteiger partial charge in [0, 0.05) is 6.42 Å². The molecule has 0 unspecified atom stereocenters. The third kappa shape index (κ3) is 5.42. The summed E-state index contributed by atoms with van der Waals surface area (Å²) < 4.78 is 4.88. The van der Waals surface area contributed by atoms with E-state index in [1.807, 2.05) is 31.2 Å². The number of aryl methyl sites for hydroxylation is 1. The lowest BCUT2D eigenvalue weighted by Crippen LogP contribution is -2.43. The van der Waals surface area contributed by atoms with Gasteiger partial charge in [-0.1, -0.05) is 29.8 Å². The number of carboxylic acid groups (broad SMARTS) is 1. The average molecular weight is 265 g/mol. The smallest absolute Gasteiger partial charge is 0.408 e. The summed E-state index contributed by atoms with van der Waals surface area (Å²) in [4.78, 5) is 22.6. The van der Waals surface area contributed by atoms with Crippen molar-refractivity contribution in [3.05, 3.63) is 35.4 Å². The molecule has 0 fully saturated rings. The van der Waals surface area contributed by atoms with Gasteiger partial charge >= 0.3 is 12.1 Å². The lowest BCUT2D eigenvalue weighted by atomic mass is 10.0. The molecule has 1 atom stereocenters. The van der Waals surface area contributed by atoms with Crippen molar-refractivity contribution in [2.75, 3.05) is 0 Å². The second-order valence-corrected chi connectivity index (χ2v) is 4.68. The van der Waals surface area contributed by atoms with Crippen molar-refractivity contribution >= 4 is 12.1 Å². The number of benzene rings is 1. The molecular formula is C14H19NO4. The first-order valence-corrected chi connectivity index (χ1v) is 6.14. The fourth-order valence-electron chi connectivity index (χ4n) is 1.67. The number of carboxylic acids is 1. The van der Waals surface area contributed by atoms with E-state index in [-0.39, 0.29) is 12.5 Å². The van der Waals surface area contributed by atoms with Crippen molar-refractivity contribution in [1.29, 1.82) is 0 Å². The molecule has 0 saturated carbocycles. The quantitative estimate of drug-likeness (QED) is 0.855. The van der Waals surface area contributed by atoms with E-state index in [1.165, 1.54) is 0 Å². The summed E-state index contributed by atoms with van der Waals surface area (Å²) in [6, 6.07) is 6.52. The summed E-state index contributed by atoms with van der Waals surface area (Å²) >= 11 is 0. The number of carbonyl (C=O) groups is 2. The first-order valence-electron chi connectivity index (χ1n) is 6.14. The van der Waals surface area contributed by atoms with Crippen LogP contribution in [-0.2, 0) is 16.0 Å². The summed E-state index contributed by atoms with van der Waals surface area (Å²) in [6.07, 6.45) is -0.770. The minimum atomic E-state index is -1.08. The van der Waals surface area contributed by atoms with Crippen molar-refractivity contribution in [1.82, 2.24) is 5.32 Å². The Morgan fingerprint density at radius 1 is 1.37 bits per heavy atom. The van der Waals surface area contributed by atoms with Gasteiger partial charge in [0.1, 0.15) is 6.04 Å². The molecule has 0 aliphatic carbocycles. The number of aliphatic carboxylic acids is 1. The highest BCUT2D eigenvalue weighted by molar-refractivity contribution is 5.80. The van der Waals surface area contributed by atoms with Gasteiger partial charge in [-0.05, 0) is 26.3 Å². The van der Waals surface area contributed by atoms with Gasteiger partial charge in [0.15, 0.2) is 0 Å². The van der Waals surface area contributed by atoms with E-state index in [0.29, 0.717) is 0 Å². The van der Waals surface area contributed by atoms with Crippen LogP contribution >= 0.6 is 0 Å². The SMILES string of the molecule is Cc1cccc(C[C@H](NC(=O)OC(C)C)C(=O)O)c1. The Kier molecular flexibility index (Phi) is 5.36. The van der Waals surface area contributed by atoms with E-state index >= 15 is 0 Å². The Morgan fingerprint density at radius 3 is 2.58 bits per heavy atom. The van der Waals surface area contributed by atoms with Crippen LogP contribution in [-0.4, -0.2) is 29.3 Å². The maximum Gasteiger partial charge on any atom is 0.408 e. The molecule has 104 valence electrons. The van der Waals surface area contributed by atoms with Crippen molar-refractivity contribution in [3.63, 3.8) is 0 Å². The molecule has 2 N–H and O–H groups in total. The first-order chi connectivity index (χ1) is 8.88. The highest BCUT2D eigenvalue weighted by Crippen LogP contribution is 2.07. The molecule has 1 amide bonds. The van der Waals surface area contributed by atoms with Crippen LogP contribution in [0.5, 0.6) is 0 Å². The van der Waals surface area contributed by atoms with Crippen molar-refractivity contribution in [3.8, 4) is 0 Å². The number of hydrogen-bond donors (Lipinski definition) is 2. The molecule has 0 saturated heterocycles.